The molecule has 16 nitrogen and oxygen atoms in total. The maximum atomic E-state index is 13.9. The number of carboxylic acids is 1. The van der Waals surface area contributed by atoms with E-state index < -0.39 is 82.5 Å². The monoisotopic (exact) mass is 795 g/mol. The molecule has 1 aliphatic rings. The molecule has 1 aliphatic heterocycles. The number of nitrogens with zero attached hydrogens (tertiary/aromatic N) is 6. The summed E-state index contributed by atoms with van der Waals surface area (Å²) in [5, 5.41) is 76.0. The molecule has 1 saturated heterocycles. The van der Waals surface area contributed by atoms with E-state index in [1.165, 1.54) is 29.7 Å². The summed E-state index contributed by atoms with van der Waals surface area (Å²) in [6, 6.07) is 9.08. The van der Waals surface area contributed by atoms with Crippen molar-refractivity contribution >= 4 is 52.4 Å². The Morgan fingerprint density at radius 1 is 1.28 bits per heavy atom. The van der Waals surface area contributed by atoms with Crippen molar-refractivity contribution in [3.8, 4) is 16.6 Å². The van der Waals surface area contributed by atoms with Crippen LogP contribution in [0.1, 0.15) is 30.2 Å². The fourth-order valence-corrected chi connectivity index (χ4v) is 8.11. The van der Waals surface area contributed by atoms with Gasteiger partial charge in [0.05, 0.1) is 51.0 Å². The van der Waals surface area contributed by atoms with Crippen LogP contribution in [0.4, 0.5) is 18.9 Å². The van der Waals surface area contributed by atoms with Crippen LogP contribution >= 0.6 is 34.9 Å². The Labute approximate surface area is 309 Å². The Kier molecular flexibility index (Phi) is 12.1. The predicted molar refractivity (Wildman–Crippen MR) is 181 cm³/mol. The molecule has 1 unspecified atom stereocenters. The lowest BCUT2D eigenvalue weighted by atomic mass is 9.89. The minimum absolute atomic E-state index is 0.0280. The number of nitro groups is 1. The highest BCUT2D eigenvalue weighted by Crippen LogP contribution is 2.44. The number of thioether (sulfide) groups is 2. The molecule has 5 rings (SSSR count). The predicted octanol–water partition coefficient (Wildman–Crippen LogP) is 3.44. The number of alkyl halides is 3. The highest BCUT2D eigenvalue weighted by molar-refractivity contribution is 8.01. The number of non-ortho nitro benzene ring substituents is 1. The molecular weight excluding hydrogens is 768 g/mol. The van der Waals surface area contributed by atoms with E-state index in [0.717, 1.165) is 41.6 Å². The summed E-state index contributed by atoms with van der Waals surface area (Å²) in [5.74, 6) is -2.34. The van der Waals surface area contributed by atoms with Crippen molar-refractivity contribution in [2.24, 2.45) is 0 Å². The van der Waals surface area contributed by atoms with Crippen molar-refractivity contribution in [2.75, 3.05) is 0 Å². The van der Waals surface area contributed by atoms with Crippen LogP contribution in [-0.2, 0) is 32.8 Å². The van der Waals surface area contributed by atoms with Gasteiger partial charge in [0.1, 0.15) is 29.4 Å². The summed E-state index contributed by atoms with van der Waals surface area (Å²) in [5.41, 5.74) is -1.85. The molecule has 3 aromatic heterocycles. The zero-order chi connectivity index (χ0) is 38.7. The number of aliphatic hydroxyl groups excluding tert-OH is 3. The highest BCUT2D eigenvalue weighted by atomic mass is 32.2. The number of nitriles is 1. The van der Waals surface area contributed by atoms with E-state index in [2.05, 4.69) is 20.6 Å². The topological polar surface area (TPSA) is 247 Å². The molecule has 5 N–H and O–H groups in total. The molecule has 1 aromatic carbocycles. The first kappa shape index (κ1) is 39.6. The van der Waals surface area contributed by atoms with E-state index in [4.69, 9.17) is 4.74 Å². The number of ether oxygens (including phenoxy) is 1. The number of carbonyl (C=O) groups excluding carboxylic acids is 1. The summed E-state index contributed by atoms with van der Waals surface area (Å²) in [7, 11) is 0. The number of nitrogens with one attached hydrogen (secondary N) is 1. The van der Waals surface area contributed by atoms with E-state index in [0.29, 0.717) is 16.6 Å². The van der Waals surface area contributed by atoms with E-state index in [9.17, 15) is 58.6 Å². The lowest BCUT2D eigenvalue weighted by Crippen LogP contribution is -2.66. The van der Waals surface area contributed by atoms with E-state index in [1.807, 2.05) is 0 Å². The molecule has 0 bridgehead atoms. The van der Waals surface area contributed by atoms with Crippen molar-refractivity contribution < 1.29 is 52.8 Å². The summed E-state index contributed by atoms with van der Waals surface area (Å²) in [4.78, 5) is 37.7. The molecular formula is C31H28F3N7O9S3. The third-order valence-corrected chi connectivity index (χ3v) is 11.0. The standard InChI is InChI=1S/C31H28F3N7O9S3/c1-15(42)36-25-22(43)10-30(29(46)47,53-18-6-4-17(5-7-18)41(48)49)50-27(25)26(45)23(44)13-40-12-16(38-39-40)14-52-28-19(11-35)20(31(32,33)34)9-21(37-28)24-3-2-8-51-24/h2-9,12,22-23,25-27,43-45H,10,13-14H2,1H3,(H,36,42)(H,46,47)/t22-,23+,25+,26+,27?,30-/m0/s1. The zero-order valence-electron chi connectivity index (χ0n) is 27.1. The number of aromatic nitrogens is 4. The summed E-state index contributed by atoms with van der Waals surface area (Å²) in [6.07, 6.45) is -11.2. The molecule has 53 heavy (non-hydrogen) atoms. The van der Waals surface area contributed by atoms with Crippen molar-refractivity contribution in [1.82, 2.24) is 25.3 Å². The normalized spacial score (nSPS) is 21.4. The number of benzene rings is 1. The Hall–Kier alpha value is -4.63. The SMILES string of the molecule is CC(=O)N[C@H]1C([C@H](O)[C@H](O)Cn2cc(CSc3nc(-c4cccs4)cc(C(F)(F)F)c3C#N)nn2)O[C@@](Sc2ccc([N+](=O)[O-])cc2)(C(=O)O)C[C@@H]1O. The van der Waals surface area contributed by atoms with Crippen molar-refractivity contribution in [3.05, 3.63) is 81.0 Å². The number of pyridine rings is 1. The van der Waals surface area contributed by atoms with Crippen LogP contribution in [0.5, 0.6) is 0 Å². The number of halogens is 3. The van der Waals surface area contributed by atoms with Gasteiger partial charge in [0.15, 0.2) is 0 Å². The maximum Gasteiger partial charge on any atom is 0.417 e. The highest BCUT2D eigenvalue weighted by Gasteiger charge is 2.55. The second-order valence-electron chi connectivity index (χ2n) is 11.6. The summed E-state index contributed by atoms with van der Waals surface area (Å²) >= 11 is 2.56. The number of hydrogen-bond acceptors (Lipinski definition) is 15. The number of aliphatic carboxylic acids is 1. The maximum absolute atomic E-state index is 13.9. The third kappa shape index (κ3) is 9.13. The quantitative estimate of drug-likeness (QED) is 0.0739. The van der Waals surface area contributed by atoms with E-state index >= 15 is 0 Å². The van der Waals surface area contributed by atoms with Gasteiger partial charge < -0.3 is 30.5 Å². The number of hydrogen-bond donors (Lipinski definition) is 5. The molecule has 4 aromatic rings. The first-order valence-corrected chi connectivity index (χ1v) is 17.9. The molecule has 280 valence electrons. The van der Waals surface area contributed by atoms with Gasteiger partial charge in [-0.2, -0.15) is 18.4 Å². The molecule has 22 heteroatoms. The minimum Gasteiger partial charge on any atom is -0.478 e. The third-order valence-electron chi connectivity index (χ3n) is 7.82. The smallest absolute Gasteiger partial charge is 0.417 e. The van der Waals surface area contributed by atoms with Crippen molar-refractivity contribution in [1.29, 1.82) is 5.26 Å². The van der Waals surface area contributed by atoms with Crippen LogP contribution in [0.2, 0.25) is 0 Å². The molecule has 0 aliphatic carbocycles. The molecule has 1 fully saturated rings. The van der Waals surface area contributed by atoms with Gasteiger partial charge in [-0.1, -0.05) is 34.8 Å². The number of thiophene rings is 1. The molecule has 0 saturated carbocycles. The lowest BCUT2D eigenvalue weighted by Gasteiger charge is -2.46. The van der Waals surface area contributed by atoms with Gasteiger partial charge in [-0.15, -0.1) is 16.4 Å². The Bertz CT molecular complexity index is 2010. The molecule has 0 radical (unpaired) electrons. The van der Waals surface area contributed by atoms with Crippen LogP contribution in [0.3, 0.4) is 0 Å². The second-order valence-corrected chi connectivity index (χ2v) is 14.8. The number of carbonyl (C=O) groups is 2. The van der Waals surface area contributed by atoms with Gasteiger partial charge in [0.2, 0.25) is 10.8 Å². The van der Waals surface area contributed by atoms with Crippen LogP contribution in [0, 0.1) is 21.4 Å². The van der Waals surface area contributed by atoms with Crippen LogP contribution < -0.4 is 5.32 Å². The summed E-state index contributed by atoms with van der Waals surface area (Å²) in [6.45, 7) is 0.634. The van der Waals surface area contributed by atoms with Crippen LogP contribution in [0.25, 0.3) is 10.6 Å². The molecule has 6 atom stereocenters. The molecule has 0 spiro atoms. The van der Waals surface area contributed by atoms with Gasteiger partial charge in [0, 0.05) is 42.3 Å². The lowest BCUT2D eigenvalue weighted by molar-refractivity contribution is -0.384. The zero-order valence-corrected chi connectivity index (χ0v) is 29.5. The van der Waals surface area contributed by atoms with Crippen LogP contribution in [-0.4, -0.2) is 92.6 Å². The molecule has 1 amide bonds. The van der Waals surface area contributed by atoms with E-state index in [-0.39, 0.29) is 32.7 Å². The Balaban J connectivity index is 1.33. The fraction of sp³-hybridized carbons (Fsp3) is 0.355. The number of rotatable bonds is 13. The number of aliphatic hydroxyl groups is 3. The average Bonchev–Trinajstić information content (AvgIpc) is 3.80. The Morgan fingerprint density at radius 2 is 2.00 bits per heavy atom. The first-order chi connectivity index (χ1) is 25.0. The van der Waals surface area contributed by atoms with Crippen molar-refractivity contribution in [3.63, 3.8) is 0 Å². The van der Waals surface area contributed by atoms with Gasteiger partial charge in [-0.3, -0.25) is 14.9 Å². The van der Waals surface area contributed by atoms with Crippen molar-refractivity contribution in [2.45, 2.75) is 77.1 Å². The largest absolute Gasteiger partial charge is 0.478 e. The van der Waals surface area contributed by atoms with E-state index in [1.54, 1.807) is 23.6 Å². The van der Waals surface area contributed by atoms with Gasteiger partial charge in [-0.05, 0) is 29.6 Å². The van der Waals surface area contributed by atoms with Crippen LogP contribution in [0.15, 0.2) is 64.0 Å². The van der Waals surface area contributed by atoms with Gasteiger partial charge in [0.25, 0.3) is 5.69 Å². The number of carboxylic acid groups (broad SMARTS) is 1. The molecule has 4 heterocycles. The van der Waals surface area contributed by atoms with Gasteiger partial charge >= 0.3 is 12.1 Å². The number of amides is 1. The minimum atomic E-state index is -4.83. The first-order valence-electron chi connectivity index (χ1n) is 15.3. The Morgan fingerprint density at radius 3 is 2.58 bits per heavy atom. The number of nitro benzene ring substituents is 1. The average molecular weight is 796 g/mol. The second kappa shape index (κ2) is 16.2. The fourth-order valence-electron chi connectivity index (χ4n) is 5.39. The summed E-state index contributed by atoms with van der Waals surface area (Å²) < 4.78 is 48.7. The van der Waals surface area contributed by atoms with Gasteiger partial charge in [-0.25, -0.2) is 14.5 Å².